The molecule has 1 heterocycles. The lowest BCUT2D eigenvalue weighted by Gasteiger charge is -2.21. The van der Waals surface area contributed by atoms with Crippen molar-refractivity contribution in [2.24, 2.45) is 0 Å². The van der Waals surface area contributed by atoms with E-state index in [2.05, 4.69) is 24.5 Å². The minimum absolute atomic E-state index is 0.0509. The van der Waals surface area contributed by atoms with Crippen LogP contribution in [0.4, 0.5) is 17.1 Å². The Morgan fingerprint density at radius 3 is 2.33 bits per heavy atom. The summed E-state index contributed by atoms with van der Waals surface area (Å²) in [6.45, 7) is 6.22. The topological polar surface area (TPSA) is 112 Å². The number of anilines is 3. The second-order valence-electron chi connectivity index (χ2n) is 8.34. The zero-order valence-corrected chi connectivity index (χ0v) is 19.7. The molecule has 3 aromatic rings. The van der Waals surface area contributed by atoms with Crippen LogP contribution in [0.2, 0.25) is 0 Å². The number of rotatable bonds is 10. The number of hydrogen-bond donors (Lipinski definition) is 3. The first-order chi connectivity index (χ1) is 15.7. The van der Waals surface area contributed by atoms with E-state index in [1.54, 1.807) is 26.4 Å². The Hall–Kier alpha value is -3.55. The highest BCUT2D eigenvalue weighted by Gasteiger charge is 2.27. The summed E-state index contributed by atoms with van der Waals surface area (Å²) in [5, 5.41) is 16.5. The van der Waals surface area contributed by atoms with E-state index in [0.29, 0.717) is 18.1 Å². The second kappa shape index (κ2) is 9.94. The van der Waals surface area contributed by atoms with Gasteiger partial charge in [0.2, 0.25) is 0 Å². The van der Waals surface area contributed by atoms with E-state index in [1.165, 1.54) is 17.0 Å². The van der Waals surface area contributed by atoms with Gasteiger partial charge in [-0.1, -0.05) is 26.8 Å². The van der Waals surface area contributed by atoms with Gasteiger partial charge in [-0.05, 0) is 48.9 Å². The Kier molecular flexibility index (Phi) is 7.26. The highest BCUT2D eigenvalue weighted by atomic mass is 16.3. The van der Waals surface area contributed by atoms with Gasteiger partial charge in [-0.2, -0.15) is 0 Å². The quantitative estimate of drug-likeness (QED) is 0.306. The van der Waals surface area contributed by atoms with Crippen molar-refractivity contribution in [2.75, 3.05) is 24.7 Å². The van der Waals surface area contributed by atoms with E-state index in [-0.39, 0.29) is 40.3 Å². The Morgan fingerprint density at radius 1 is 1.06 bits per heavy atom. The van der Waals surface area contributed by atoms with Crippen LogP contribution in [-0.4, -0.2) is 30.0 Å². The first kappa shape index (κ1) is 24.1. The number of phenolic OH excluding ortho intramolecular Hbond substituents is 1. The molecular weight excluding hydrogens is 422 g/mol. The van der Waals surface area contributed by atoms with Crippen LogP contribution in [0.3, 0.4) is 0 Å². The molecular formula is C25H31N3O5. The molecule has 0 bridgehead atoms. The van der Waals surface area contributed by atoms with Crippen molar-refractivity contribution in [3.8, 4) is 5.75 Å². The summed E-state index contributed by atoms with van der Waals surface area (Å²) < 4.78 is 5.79. The summed E-state index contributed by atoms with van der Waals surface area (Å²) in [5.74, 6) is 0.433. The standard InChI is InChI=1S/C25H31N3O5/c1-6-14(7-2)15-12-19(33-13-15)17(8-3)26-20-21(24(31)23(20)30)27-18-11-9-10-16(22(18)29)25(32)28(4)5/h9-14,17,26-27,29H,6-8H2,1-5H3/t17-/m1/s1. The van der Waals surface area contributed by atoms with Gasteiger partial charge in [-0.25, -0.2) is 0 Å². The van der Waals surface area contributed by atoms with E-state index in [9.17, 15) is 19.5 Å². The molecule has 176 valence electrons. The predicted octanol–water partition coefficient (Wildman–Crippen LogP) is 4.49. The van der Waals surface area contributed by atoms with Crippen LogP contribution in [0, 0.1) is 0 Å². The van der Waals surface area contributed by atoms with E-state index in [1.807, 2.05) is 13.0 Å². The molecule has 1 aromatic heterocycles. The summed E-state index contributed by atoms with van der Waals surface area (Å²) in [6.07, 6.45) is 4.39. The minimum atomic E-state index is -0.687. The van der Waals surface area contributed by atoms with Crippen molar-refractivity contribution < 1.29 is 14.3 Å². The smallest absolute Gasteiger partial charge is 0.257 e. The van der Waals surface area contributed by atoms with Crippen molar-refractivity contribution in [3.05, 3.63) is 67.9 Å². The maximum absolute atomic E-state index is 12.3. The van der Waals surface area contributed by atoms with Gasteiger partial charge < -0.3 is 25.1 Å². The number of benzene rings is 1. The molecule has 0 saturated carbocycles. The van der Waals surface area contributed by atoms with Gasteiger partial charge in [0.25, 0.3) is 16.8 Å². The number of carbonyl (C=O) groups excluding carboxylic acids is 1. The van der Waals surface area contributed by atoms with Crippen LogP contribution >= 0.6 is 0 Å². The molecule has 0 aliphatic heterocycles. The van der Waals surface area contributed by atoms with Gasteiger partial charge in [0.15, 0.2) is 5.75 Å². The molecule has 8 nitrogen and oxygen atoms in total. The molecule has 0 aliphatic rings. The first-order valence-electron chi connectivity index (χ1n) is 11.2. The molecule has 0 aliphatic carbocycles. The number of hydrogen-bond acceptors (Lipinski definition) is 7. The monoisotopic (exact) mass is 453 g/mol. The Morgan fingerprint density at radius 2 is 1.73 bits per heavy atom. The van der Waals surface area contributed by atoms with E-state index in [4.69, 9.17) is 4.42 Å². The molecule has 2 aromatic carbocycles. The number of amides is 1. The van der Waals surface area contributed by atoms with Gasteiger partial charge in [-0.15, -0.1) is 0 Å². The number of aromatic hydroxyl groups is 1. The second-order valence-corrected chi connectivity index (χ2v) is 8.34. The molecule has 0 fully saturated rings. The van der Waals surface area contributed by atoms with Crippen molar-refractivity contribution in [1.29, 1.82) is 0 Å². The Labute approximate surface area is 192 Å². The Bertz CT molecular complexity index is 1200. The number of phenols is 1. The zero-order valence-electron chi connectivity index (χ0n) is 19.7. The maximum Gasteiger partial charge on any atom is 0.257 e. The minimum Gasteiger partial charge on any atom is -0.505 e. The van der Waals surface area contributed by atoms with Gasteiger partial charge in [0, 0.05) is 14.1 Å². The zero-order chi connectivity index (χ0) is 24.3. The summed E-state index contributed by atoms with van der Waals surface area (Å²) >= 11 is 0. The molecule has 3 rings (SSSR count). The normalized spacial score (nSPS) is 12.2. The van der Waals surface area contributed by atoms with Gasteiger partial charge in [0.1, 0.15) is 17.1 Å². The molecule has 8 heteroatoms. The van der Waals surface area contributed by atoms with E-state index < -0.39 is 10.9 Å². The molecule has 0 radical (unpaired) electrons. The number of para-hydroxylation sites is 1. The van der Waals surface area contributed by atoms with E-state index >= 15 is 0 Å². The van der Waals surface area contributed by atoms with Crippen LogP contribution in [0.1, 0.15) is 73.7 Å². The summed E-state index contributed by atoms with van der Waals surface area (Å²) in [4.78, 5) is 38.3. The fraction of sp³-hybridized carbons (Fsp3) is 0.400. The van der Waals surface area contributed by atoms with E-state index in [0.717, 1.165) is 18.4 Å². The van der Waals surface area contributed by atoms with Gasteiger partial charge >= 0.3 is 0 Å². The molecule has 0 saturated heterocycles. The fourth-order valence-electron chi connectivity index (χ4n) is 3.92. The molecule has 0 unspecified atom stereocenters. The predicted molar refractivity (Wildman–Crippen MR) is 129 cm³/mol. The lowest BCUT2D eigenvalue weighted by molar-refractivity contribution is 0.0824. The number of nitrogens with zero attached hydrogens (tertiary/aromatic N) is 1. The van der Waals surface area contributed by atoms with Crippen LogP contribution < -0.4 is 21.5 Å². The third-order valence-electron chi connectivity index (χ3n) is 6.01. The number of carbonyl (C=O) groups is 1. The van der Waals surface area contributed by atoms with Crippen LogP contribution in [0.15, 0.2) is 44.5 Å². The Balaban J connectivity index is 1.87. The van der Waals surface area contributed by atoms with Gasteiger partial charge in [-0.3, -0.25) is 14.4 Å². The maximum atomic E-state index is 12.3. The van der Waals surface area contributed by atoms with Crippen molar-refractivity contribution in [2.45, 2.75) is 52.0 Å². The van der Waals surface area contributed by atoms with Crippen LogP contribution in [-0.2, 0) is 0 Å². The highest BCUT2D eigenvalue weighted by Crippen LogP contribution is 2.34. The number of furan rings is 1. The summed E-state index contributed by atoms with van der Waals surface area (Å²) in [7, 11) is 3.16. The fourth-order valence-corrected chi connectivity index (χ4v) is 3.92. The SMILES string of the molecule is CCC(CC)c1coc([C@@H](CC)Nc2c(Nc3cccc(C(=O)N(C)C)c3O)c(=O)c2=O)c1. The van der Waals surface area contributed by atoms with Crippen LogP contribution in [0.5, 0.6) is 5.75 Å². The lowest BCUT2D eigenvalue weighted by Crippen LogP contribution is -2.37. The average molecular weight is 454 g/mol. The molecule has 33 heavy (non-hydrogen) atoms. The molecule has 3 N–H and O–H groups in total. The molecule has 0 spiro atoms. The third kappa shape index (κ3) is 4.65. The lowest BCUT2D eigenvalue weighted by atomic mass is 9.96. The molecule has 1 amide bonds. The van der Waals surface area contributed by atoms with Crippen LogP contribution in [0.25, 0.3) is 0 Å². The van der Waals surface area contributed by atoms with Gasteiger partial charge in [0.05, 0.1) is 23.6 Å². The highest BCUT2D eigenvalue weighted by molar-refractivity contribution is 5.99. The third-order valence-corrected chi connectivity index (χ3v) is 6.01. The molecule has 1 atom stereocenters. The van der Waals surface area contributed by atoms with Crippen molar-refractivity contribution in [3.63, 3.8) is 0 Å². The summed E-state index contributed by atoms with van der Waals surface area (Å²) in [5.41, 5.74) is 0.238. The first-order valence-corrected chi connectivity index (χ1v) is 11.2. The average Bonchev–Trinajstić information content (AvgIpc) is 3.29. The van der Waals surface area contributed by atoms with Crippen molar-refractivity contribution in [1.82, 2.24) is 4.90 Å². The number of nitrogens with one attached hydrogen (secondary N) is 2. The van der Waals surface area contributed by atoms with Crippen molar-refractivity contribution >= 4 is 23.0 Å². The largest absolute Gasteiger partial charge is 0.505 e. The summed E-state index contributed by atoms with van der Waals surface area (Å²) in [6, 6.07) is 6.32.